The van der Waals surface area contributed by atoms with Crippen molar-refractivity contribution in [3.63, 3.8) is 0 Å². The SMILES string of the molecule is CC(C)S(=O)(=O)c1ccccc1Nc1nc(N/N=C/c2ccc(Cl)cc2)ncc1Cl. The zero-order chi connectivity index (χ0) is 21.7. The summed E-state index contributed by atoms with van der Waals surface area (Å²) < 4.78 is 25.3. The second kappa shape index (κ2) is 9.42. The van der Waals surface area contributed by atoms with Gasteiger partial charge in [-0.1, -0.05) is 47.5 Å². The Kier molecular flexibility index (Phi) is 6.91. The number of nitrogens with one attached hydrogen (secondary N) is 2. The molecule has 0 fully saturated rings. The Morgan fingerprint density at radius 3 is 2.47 bits per heavy atom. The number of anilines is 3. The number of halogens is 2. The molecular formula is C20H19Cl2N5O2S. The summed E-state index contributed by atoms with van der Waals surface area (Å²) in [6.07, 6.45) is 2.99. The Labute approximate surface area is 185 Å². The van der Waals surface area contributed by atoms with Crippen LogP contribution in [0.25, 0.3) is 0 Å². The molecule has 3 rings (SSSR count). The quantitative estimate of drug-likeness (QED) is 0.371. The molecule has 0 amide bonds. The van der Waals surface area contributed by atoms with Gasteiger partial charge < -0.3 is 5.32 Å². The van der Waals surface area contributed by atoms with E-state index in [9.17, 15) is 8.42 Å². The van der Waals surface area contributed by atoms with Crippen molar-refractivity contribution in [2.45, 2.75) is 24.0 Å². The first-order valence-electron chi connectivity index (χ1n) is 8.94. The van der Waals surface area contributed by atoms with Crippen LogP contribution in [0.3, 0.4) is 0 Å². The van der Waals surface area contributed by atoms with Crippen molar-refractivity contribution in [3.05, 3.63) is 70.3 Å². The molecule has 156 valence electrons. The third-order valence-corrected chi connectivity index (χ3v) is 6.80. The Morgan fingerprint density at radius 2 is 1.77 bits per heavy atom. The van der Waals surface area contributed by atoms with Crippen LogP contribution >= 0.6 is 23.2 Å². The number of aromatic nitrogens is 2. The number of nitrogens with zero attached hydrogens (tertiary/aromatic N) is 3. The number of hydrazone groups is 1. The fourth-order valence-corrected chi connectivity index (χ4v) is 3.89. The highest BCUT2D eigenvalue weighted by molar-refractivity contribution is 7.92. The minimum Gasteiger partial charge on any atom is -0.338 e. The van der Waals surface area contributed by atoms with Gasteiger partial charge in [0.2, 0.25) is 5.95 Å². The summed E-state index contributed by atoms with van der Waals surface area (Å²) in [5.41, 5.74) is 3.94. The first-order chi connectivity index (χ1) is 14.3. The van der Waals surface area contributed by atoms with E-state index in [2.05, 4.69) is 25.8 Å². The fourth-order valence-electron chi connectivity index (χ4n) is 2.42. The molecule has 0 aliphatic rings. The lowest BCUT2D eigenvalue weighted by atomic mass is 10.2. The molecule has 0 aliphatic carbocycles. The molecule has 10 heteroatoms. The zero-order valence-corrected chi connectivity index (χ0v) is 18.5. The number of rotatable bonds is 7. The van der Waals surface area contributed by atoms with Crippen LogP contribution in [0.15, 0.2) is 64.7 Å². The van der Waals surface area contributed by atoms with E-state index < -0.39 is 15.1 Å². The Hall–Kier alpha value is -2.68. The Bertz CT molecular complexity index is 1170. The zero-order valence-electron chi connectivity index (χ0n) is 16.2. The summed E-state index contributed by atoms with van der Waals surface area (Å²) in [5.74, 6) is 0.443. The van der Waals surface area contributed by atoms with Crippen molar-refractivity contribution < 1.29 is 8.42 Å². The number of para-hydroxylation sites is 1. The van der Waals surface area contributed by atoms with Crippen molar-refractivity contribution in [1.82, 2.24) is 9.97 Å². The lowest BCUT2D eigenvalue weighted by Crippen LogP contribution is -2.15. The van der Waals surface area contributed by atoms with E-state index in [1.807, 2.05) is 12.1 Å². The normalized spacial score (nSPS) is 11.8. The van der Waals surface area contributed by atoms with Gasteiger partial charge in [0.15, 0.2) is 15.7 Å². The number of hydrogen-bond acceptors (Lipinski definition) is 7. The van der Waals surface area contributed by atoms with Gasteiger partial charge in [0.1, 0.15) is 5.02 Å². The highest BCUT2D eigenvalue weighted by Gasteiger charge is 2.23. The lowest BCUT2D eigenvalue weighted by molar-refractivity contribution is 0.588. The van der Waals surface area contributed by atoms with Crippen LogP contribution in [-0.4, -0.2) is 29.9 Å². The minimum absolute atomic E-state index is 0.171. The monoisotopic (exact) mass is 463 g/mol. The van der Waals surface area contributed by atoms with Crippen LogP contribution in [0.4, 0.5) is 17.5 Å². The first kappa shape index (κ1) is 22.0. The largest absolute Gasteiger partial charge is 0.338 e. The van der Waals surface area contributed by atoms with Gasteiger partial charge in [-0.15, -0.1) is 0 Å². The molecule has 30 heavy (non-hydrogen) atoms. The first-order valence-corrected chi connectivity index (χ1v) is 11.2. The van der Waals surface area contributed by atoms with Gasteiger partial charge in [0.05, 0.1) is 28.2 Å². The molecule has 0 spiro atoms. The second-order valence-electron chi connectivity index (χ2n) is 6.53. The molecule has 1 heterocycles. The van der Waals surface area contributed by atoms with Gasteiger partial charge in [-0.2, -0.15) is 10.1 Å². The summed E-state index contributed by atoms with van der Waals surface area (Å²) in [7, 11) is -3.50. The van der Waals surface area contributed by atoms with Crippen molar-refractivity contribution in [2.75, 3.05) is 10.7 Å². The molecule has 0 unspecified atom stereocenters. The number of benzene rings is 2. The molecule has 2 N–H and O–H groups in total. The molecule has 7 nitrogen and oxygen atoms in total. The minimum atomic E-state index is -3.50. The molecule has 0 radical (unpaired) electrons. The second-order valence-corrected chi connectivity index (χ2v) is 9.84. The average molecular weight is 464 g/mol. The Morgan fingerprint density at radius 1 is 1.07 bits per heavy atom. The molecule has 0 atom stereocenters. The molecule has 0 saturated heterocycles. The summed E-state index contributed by atoms with van der Waals surface area (Å²) >= 11 is 12.1. The van der Waals surface area contributed by atoms with Crippen molar-refractivity contribution in [1.29, 1.82) is 0 Å². The molecule has 1 aromatic heterocycles. The van der Waals surface area contributed by atoms with E-state index in [1.54, 1.807) is 56.5 Å². The third kappa shape index (κ3) is 5.27. The van der Waals surface area contributed by atoms with E-state index in [0.29, 0.717) is 10.7 Å². The standard InChI is InChI=1S/C20H19Cl2N5O2S/c1-13(2)30(28,29)18-6-4-3-5-17(18)25-19-16(22)12-23-20(26-19)27-24-11-14-7-9-15(21)10-8-14/h3-13H,1-2H3,(H2,23,25,26,27)/b24-11+. The van der Waals surface area contributed by atoms with Crippen LogP contribution in [0.1, 0.15) is 19.4 Å². The van der Waals surface area contributed by atoms with Crippen molar-refractivity contribution >= 4 is 56.7 Å². The van der Waals surface area contributed by atoms with Gasteiger partial charge >= 0.3 is 0 Å². The summed E-state index contributed by atoms with van der Waals surface area (Å²) in [6, 6.07) is 13.7. The number of sulfone groups is 1. The average Bonchev–Trinajstić information content (AvgIpc) is 2.72. The van der Waals surface area contributed by atoms with E-state index in [4.69, 9.17) is 23.2 Å². The smallest absolute Gasteiger partial charge is 0.245 e. The van der Waals surface area contributed by atoms with Gasteiger partial charge in [-0.05, 0) is 43.7 Å². The molecule has 0 aliphatic heterocycles. The topological polar surface area (TPSA) is 96.3 Å². The predicted octanol–water partition coefficient (Wildman–Crippen LogP) is 5.16. The number of hydrogen-bond donors (Lipinski definition) is 2. The lowest BCUT2D eigenvalue weighted by Gasteiger charge is -2.15. The summed E-state index contributed by atoms with van der Waals surface area (Å²) in [4.78, 5) is 8.54. The van der Waals surface area contributed by atoms with Gasteiger partial charge in [0, 0.05) is 5.02 Å². The molecule has 3 aromatic rings. The van der Waals surface area contributed by atoms with E-state index in [1.165, 1.54) is 6.20 Å². The maximum atomic E-state index is 12.6. The van der Waals surface area contributed by atoms with E-state index >= 15 is 0 Å². The third-order valence-electron chi connectivity index (χ3n) is 4.06. The van der Waals surface area contributed by atoms with E-state index in [0.717, 1.165) is 5.56 Å². The van der Waals surface area contributed by atoms with Gasteiger partial charge in [-0.25, -0.2) is 18.8 Å². The van der Waals surface area contributed by atoms with Gasteiger partial charge in [0.25, 0.3) is 0 Å². The maximum absolute atomic E-state index is 12.6. The highest BCUT2D eigenvalue weighted by atomic mass is 35.5. The Balaban J connectivity index is 1.82. The van der Waals surface area contributed by atoms with Crippen LogP contribution in [0.5, 0.6) is 0 Å². The summed E-state index contributed by atoms with van der Waals surface area (Å²) in [5, 5.41) is 7.38. The molecule has 0 saturated carbocycles. The summed E-state index contributed by atoms with van der Waals surface area (Å²) in [6.45, 7) is 3.26. The van der Waals surface area contributed by atoms with Crippen molar-refractivity contribution in [2.24, 2.45) is 5.10 Å². The molecule has 0 bridgehead atoms. The highest BCUT2D eigenvalue weighted by Crippen LogP contribution is 2.30. The van der Waals surface area contributed by atoms with Crippen LogP contribution in [-0.2, 0) is 9.84 Å². The predicted molar refractivity (Wildman–Crippen MR) is 122 cm³/mol. The van der Waals surface area contributed by atoms with Gasteiger partial charge in [-0.3, -0.25) is 0 Å². The molecule has 2 aromatic carbocycles. The molecular weight excluding hydrogens is 445 g/mol. The fraction of sp³-hybridized carbons (Fsp3) is 0.150. The maximum Gasteiger partial charge on any atom is 0.245 e. The van der Waals surface area contributed by atoms with Crippen molar-refractivity contribution in [3.8, 4) is 0 Å². The van der Waals surface area contributed by atoms with Crippen LogP contribution in [0.2, 0.25) is 10.0 Å². The van der Waals surface area contributed by atoms with Crippen LogP contribution in [0, 0.1) is 0 Å². The van der Waals surface area contributed by atoms with Crippen LogP contribution < -0.4 is 10.7 Å². The van der Waals surface area contributed by atoms with E-state index in [-0.39, 0.29) is 21.7 Å².